The summed E-state index contributed by atoms with van der Waals surface area (Å²) in [5, 5.41) is 11.3. The number of likely N-dealkylation sites (N-methyl/N-ethyl adjacent to an activating group) is 1. The van der Waals surface area contributed by atoms with Crippen molar-refractivity contribution in [3.63, 3.8) is 0 Å². The number of morpholine rings is 1. The van der Waals surface area contributed by atoms with Crippen molar-refractivity contribution < 1.29 is 9.66 Å². The van der Waals surface area contributed by atoms with Crippen LogP contribution in [0.1, 0.15) is 0 Å². The molecule has 0 atom stereocenters. The van der Waals surface area contributed by atoms with E-state index in [0.717, 1.165) is 31.9 Å². The van der Waals surface area contributed by atoms with Gasteiger partial charge in [0, 0.05) is 51.0 Å². The Bertz CT molecular complexity index is 538. The summed E-state index contributed by atoms with van der Waals surface area (Å²) in [5.74, 6) is 0. The van der Waals surface area contributed by atoms with E-state index in [4.69, 9.17) is 4.74 Å². The lowest BCUT2D eigenvalue weighted by molar-refractivity contribution is -0.384. The molecule has 0 unspecified atom stereocenters. The highest BCUT2D eigenvalue weighted by molar-refractivity contribution is 5.70. The molecular formula is C15H22N4O3. The smallest absolute Gasteiger partial charge is 0.292 e. The topological polar surface area (TPSA) is 62.1 Å². The molecular weight excluding hydrogens is 284 g/mol. The summed E-state index contributed by atoms with van der Waals surface area (Å²) in [6.45, 7) is 6.59. The summed E-state index contributed by atoms with van der Waals surface area (Å²) in [4.78, 5) is 17.7. The maximum absolute atomic E-state index is 11.3. The molecule has 1 aromatic carbocycles. The zero-order valence-corrected chi connectivity index (χ0v) is 12.9. The zero-order chi connectivity index (χ0) is 15.5. The van der Waals surface area contributed by atoms with Crippen LogP contribution in [-0.2, 0) is 4.74 Å². The highest BCUT2D eigenvalue weighted by Crippen LogP contribution is 2.33. The van der Waals surface area contributed by atoms with Crippen LogP contribution in [0.15, 0.2) is 18.2 Å². The molecule has 7 nitrogen and oxygen atoms in total. The molecule has 2 saturated heterocycles. The van der Waals surface area contributed by atoms with Crippen molar-refractivity contribution in [2.24, 2.45) is 0 Å². The van der Waals surface area contributed by atoms with Crippen LogP contribution in [-0.4, -0.2) is 69.4 Å². The van der Waals surface area contributed by atoms with Crippen LogP contribution in [0.3, 0.4) is 0 Å². The minimum Gasteiger partial charge on any atom is -0.378 e. The monoisotopic (exact) mass is 306 g/mol. The van der Waals surface area contributed by atoms with Crippen LogP contribution < -0.4 is 9.80 Å². The largest absolute Gasteiger partial charge is 0.378 e. The predicted octanol–water partition coefficient (Wildman–Crippen LogP) is 1.18. The first-order valence-electron chi connectivity index (χ1n) is 7.70. The molecule has 0 spiro atoms. The molecule has 0 N–H and O–H groups in total. The highest BCUT2D eigenvalue weighted by Gasteiger charge is 2.23. The Kier molecular flexibility index (Phi) is 4.44. The van der Waals surface area contributed by atoms with Crippen LogP contribution in [0.4, 0.5) is 17.1 Å². The van der Waals surface area contributed by atoms with Gasteiger partial charge in [-0.1, -0.05) is 0 Å². The molecule has 22 heavy (non-hydrogen) atoms. The van der Waals surface area contributed by atoms with Gasteiger partial charge in [0.1, 0.15) is 5.69 Å². The first-order valence-corrected chi connectivity index (χ1v) is 7.70. The van der Waals surface area contributed by atoms with Crippen LogP contribution in [0.5, 0.6) is 0 Å². The molecule has 2 heterocycles. The van der Waals surface area contributed by atoms with Crippen molar-refractivity contribution in [2.75, 3.05) is 69.3 Å². The van der Waals surface area contributed by atoms with E-state index >= 15 is 0 Å². The van der Waals surface area contributed by atoms with Crippen LogP contribution in [0, 0.1) is 10.1 Å². The molecule has 2 aliphatic heterocycles. The Labute approximate surface area is 130 Å². The second kappa shape index (κ2) is 6.50. The average molecular weight is 306 g/mol. The van der Waals surface area contributed by atoms with Gasteiger partial charge in [-0.3, -0.25) is 10.1 Å². The lowest BCUT2D eigenvalue weighted by atomic mass is 10.1. The van der Waals surface area contributed by atoms with Crippen molar-refractivity contribution in [3.8, 4) is 0 Å². The molecule has 0 bridgehead atoms. The highest BCUT2D eigenvalue weighted by atomic mass is 16.6. The van der Waals surface area contributed by atoms with Crippen molar-refractivity contribution in [2.45, 2.75) is 0 Å². The Morgan fingerprint density at radius 1 is 1.05 bits per heavy atom. The molecule has 0 amide bonds. The van der Waals surface area contributed by atoms with E-state index in [0.29, 0.717) is 32.0 Å². The molecule has 0 aliphatic carbocycles. The Morgan fingerprint density at radius 2 is 1.73 bits per heavy atom. The standard InChI is InChI=1S/C15H22N4O3/c1-16-4-6-17(7-5-16)13-2-3-14(19(20)21)15(12-13)18-8-10-22-11-9-18/h2-3,12H,4-11H2,1H3. The zero-order valence-electron chi connectivity index (χ0n) is 12.9. The molecule has 120 valence electrons. The number of hydrogen-bond donors (Lipinski definition) is 0. The van der Waals surface area contributed by atoms with Gasteiger partial charge in [-0.05, 0) is 19.2 Å². The predicted molar refractivity (Wildman–Crippen MR) is 85.8 cm³/mol. The minimum absolute atomic E-state index is 0.180. The third kappa shape index (κ3) is 3.15. The molecule has 2 fully saturated rings. The molecule has 0 aromatic heterocycles. The average Bonchev–Trinajstić information content (AvgIpc) is 2.56. The van der Waals surface area contributed by atoms with Gasteiger partial charge in [0.2, 0.25) is 0 Å². The number of hydrogen-bond acceptors (Lipinski definition) is 6. The molecule has 1 aromatic rings. The van der Waals surface area contributed by atoms with Gasteiger partial charge < -0.3 is 19.4 Å². The van der Waals surface area contributed by atoms with Gasteiger partial charge in [-0.15, -0.1) is 0 Å². The number of nitro groups is 1. The minimum atomic E-state index is -0.293. The van der Waals surface area contributed by atoms with Crippen molar-refractivity contribution >= 4 is 17.1 Å². The van der Waals surface area contributed by atoms with E-state index in [1.807, 2.05) is 12.1 Å². The van der Waals surface area contributed by atoms with E-state index in [1.54, 1.807) is 6.07 Å². The molecule has 7 heteroatoms. The fourth-order valence-corrected chi connectivity index (χ4v) is 2.99. The Morgan fingerprint density at radius 3 is 2.36 bits per heavy atom. The molecule has 3 rings (SSSR count). The SMILES string of the molecule is CN1CCN(c2ccc([N+](=O)[O-])c(N3CCOCC3)c2)CC1. The summed E-state index contributed by atoms with van der Waals surface area (Å²) >= 11 is 0. The van der Waals surface area contributed by atoms with E-state index in [1.165, 1.54) is 0 Å². The van der Waals surface area contributed by atoms with E-state index in [9.17, 15) is 10.1 Å². The lowest BCUT2D eigenvalue weighted by Crippen LogP contribution is -2.44. The summed E-state index contributed by atoms with van der Waals surface area (Å²) in [6.07, 6.45) is 0. The normalized spacial score (nSPS) is 20.2. The molecule has 0 radical (unpaired) electrons. The number of nitrogens with zero attached hydrogens (tertiary/aromatic N) is 4. The van der Waals surface area contributed by atoms with E-state index in [2.05, 4.69) is 21.7 Å². The van der Waals surface area contributed by atoms with Crippen LogP contribution in [0.25, 0.3) is 0 Å². The number of piperazine rings is 1. The van der Waals surface area contributed by atoms with Crippen LogP contribution >= 0.6 is 0 Å². The number of nitro benzene ring substituents is 1. The van der Waals surface area contributed by atoms with E-state index in [-0.39, 0.29) is 10.6 Å². The summed E-state index contributed by atoms with van der Waals surface area (Å²) < 4.78 is 5.35. The quantitative estimate of drug-likeness (QED) is 0.617. The van der Waals surface area contributed by atoms with Crippen molar-refractivity contribution in [1.82, 2.24) is 4.90 Å². The maximum Gasteiger partial charge on any atom is 0.292 e. The first-order chi connectivity index (χ1) is 10.6. The number of ether oxygens (including phenoxy) is 1. The third-order valence-corrected chi connectivity index (χ3v) is 4.38. The maximum atomic E-state index is 11.3. The second-order valence-corrected chi connectivity index (χ2v) is 5.82. The molecule has 0 saturated carbocycles. The summed E-state index contributed by atoms with van der Waals surface area (Å²) in [7, 11) is 2.12. The van der Waals surface area contributed by atoms with Crippen molar-refractivity contribution in [3.05, 3.63) is 28.3 Å². The first kappa shape index (κ1) is 15.1. The summed E-state index contributed by atoms with van der Waals surface area (Å²) in [5.41, 5.74) is 1.96. The Hall–Kier alpha value is -1.86. The van der Waals surface area contributed by atoms with Gasteiger partial charge in [-0.2, -0.15) is 0 Å². The lowest BCUT2D eigenvalue weighted by Gasteiger charge is -2.35. The van der Waals surface area contributed by atoms with Crippen LogP contribution in [0.2, 0.25) is 0 Å². The van der Waals surface area contributed by atoms with E-state index < -0.39 is 0 Å². The second-order valence-electron chi connectivity index (χ2n) is 5.82. The van der Waals surface area contributed by atoms with Gasteiger partial charge in [0.25, 0.3) is 5.69 Å². The fourth-order valence-electron chi connectivity index (χ4n) is 2.99. The number of anilines is 2. The van der Waals surface area contributed by atoms with Gasteiger partial charge in [0.05, 0.1) is 18.1 Å². The number of benzene rings is 1. The fraction of sp³-hybridized carbons (Fsp3) is 0.600. The summed E-state index contributed by atoms with van der Waals surface area (Å²) in [6, 6.07) is 5.47. The van der Waals surface area contributed by atoms with Crippen molar-refractivity contribution in [1.29, 1.82) is 0 Å². The van der Waals surface area contributed by atoms with Gasteiger partial charge in [-0.25, -0.2) is 0 Å². The Balaban J connectivity index is 1.87. The molecule has 2 aliphatic rings. The number of rotatable bonds is 3. The third-order valence-electron chi connectivity index (χ3n) is 4.38. The van der Waals surface area contributed by atoms with Gasteiger partial charge in [0.15, 0.2) is 0 Å². The van der Waals surface area contributed by atoms with Gasteiger partial charge >= 0.3 is 0 Å².